The maximum Gasteiger partial charge on any atom is 0.450 e. The number of alkyl halides is 6. The molecule has 0 fully saturated rings. The lowest BCUT2D eigenvalue weighted by molar-refractivity contribution is -0.247. The smallest absolute Gasteiger partial charge is 0.450 e. The third kappa shape index (κ3) is 3.10. The molecule has 0 aliphatic heterocycles. The van der Waals surface area contributed by atoms with Crippen LogP contribution in [0.5, 0.6) is 5.75 Å². The summed E-state index contributed by atoms with van der Waals surface area (Å²) >= 11 is 0. The van der Waals surface area contributed by atoms with Gasteiger partial charge >= 0.3 is 26.5 Å². The molecular weight excluding hydrogens is 382 g/mol. The first-order valence-electron chi connectivity index (χ1n) is 5.16. The van der Waals surface area contributed by atoms with Gasteiger partial charge in [0.2, 0.25) is 0 Å². The largest absolute Gasteiger partial charge is 0.743 e. The summed E-state index contributed by atoms with van der Waals surface area (Å²) < 4.78 is 135. The Morgan fingerprint density at radius 1 is 0.826 bits per heavy atom. The van der Waals surface area contributed by atoms with E-state index in [1.54, 1.807) is 0 Å². The van der Waals surface area contributed by atoms with Crippen LogP contribution in [-0.4, -0.2) is 37.8 Å². The Morgan fingerprint density at radius 3 is 1.65 bits per heavy atom. The highest BCUT2D eigenvalue weighted by Crippen LogP contribution is 2.50. The Morgan fingerprint density at radius 2 is 1.26 bits per heavy atom. The van der Waals surface area contributed by atoms with Crippen LogP contribution in [0.15, 0.2) is 30.3 Å². The number of rotatable bonds is 6. The van der Waals surface area contributed by atoms with Crippen molar-refractivity contribution in [3.8, 4) is 5.75 Å². The zero-order valence-corrected chi connectivity index (χ0v) is 12.1. The second-order valence-electron chi connectivity index (χ2n) is 3.91. The molecule has 0 heterocycles. The van der Waals surface area contributed by atoms with Gasteiger partial charge in [0.15, 0.2) is 10.1 Å². The van der Waals surface area contributed by atoms with Gasteiger partial charge in [0.05, 0.1) is 0 Å². The number of hydrogen-bond acceptors (Lipinski definition) is 6. The van der Waals surface area contributed by atoms with Gasteiger partial charge in [-0.15, -0.1) is 0 Å². The zero-order valence-electron chi connectivity index (χ0n) is 10.4. The van der Waals surface area contributed by atoms with Crippen LogP contribution in [0.25, 0.3) is 0 Å². The van der Waals surface area contributed by atoms with E-state index >= 15 is 0 Å². The molecule has 0 unspecified atom stereocenters. The van der Waals surface area contributed by atoms with E-state index in [0.29, 0.717) is 12.1 Å². The van der Waals surface area contributed by atoms with Gasteiger partial charge < -0.3 is 8.74 Å². The van der Waals surface area contributed by atoms with Gasteiger partial charge in [-0.05, 0) is 12.1 Å². The first-order chi connectivity index (χ1) is 10.1. The summed E-state index contributed by atoms with van der Waals surface area (Å²) in [6.45, 7) is 0. The standard InChI is InChI=1S/C9H6F6O6S2/c10-7(11,8(12,13)22(16,17)18)9(14,15)23(19,20)21-6-4-2-1-3-5-6/h1-5H,(H,16,17,18)/p-1. The molecule has 6 nitrogen and oxygen atoms in total. The van der Waals surface area contributed by atoms with Crippen LogP contribution >= 0.6 is 0 Å². The van der Waals surface area contributed by atoms with E-state index in [0.717, 1.165) is 12.1 Å². The fraction of sp³-hybridized carbons (Fsp3) is 0.333. The molecule has 0 aliphatic rings. The minimum Gasteiger partial charge on any atom is -0.743 e. The van der Waals surface area contributed by atoms with Crippen molar-refractivity contribution in [3.63, 3.8) is 0 Å². The average molecular weight is 387 g/mol. The van der Waals surface area contributed by atoms with Crippen molar-refractivity contribution in [2.75, 3.05) is 0 Å². The number of benzene rings is 1. The molecule has 0 aromatic heterocycles. The summed E-state index contributed by atoms with van der Waals surface area (Å²) in [4.78, 5) is 0. The minimum absolute atomic E-state index is 0.717. The van der Waals surface area contributed by atoms with Gasteiger partial charge in [-0.25, -0.2) is 8.42 Å². The van der Waals surface area contributed by atoms with Crippen molar-refractivity contribution in [1.82, 2.24) is 0 Å². The summed E-state index contributed by atoms with van der Waals surface area (Å²) in [7, 11) is -14.1. The predicted molar refractivity (Wildman–Crippen MR) is 60.5 cm³/mol. The maximum absolute atomic E-state index is 13.3. The van der Waals surface area contributed by atoms with Crippen molar-refractivity contribution in [2.45, 2.75) is 16.4 Å². The van der Waals surface area contributed by atoms with Gasteiger partial charge in [0.1, 0.15) is 5.75 Å². The van der Waals surface area contributed by atoms with Gasteiger partial charge in [-0.3, -0.25) is 0 Å². The average Bonchev–Trinajstić information content (AvgIpc) is 2.37. The van der Waals surface area contributed by atoms with E-state index < -0.39 is 42.4 Å². The zero-order chi connectivity index (χ0) is 18.3. The second kappa shape index (κ2) is 5.52. The van der Waals surface area contributed by atoms with Crippen molar-refractivity contribution in [1.29, 1.82) is 0 Å². The van der Waals surface area contributed by atoms with E-state index in [9.17, 15) is 47.7 Å². The molecule has 1 aromatic carbocycles. The molecule has 132 valence electrons. The van der Waals surface area contributed by atoms with E-state index in [4.69, 9.17) is 0 Å². The quantitative estimate of drug-likeness (QED) is 0.419. The van der Waals surface area contributed by atoms with Crippen molar-refractivity contribution < 1.29 is 51.9 Å². The molecule has 23 heavy (non-hydrogen) atoms. The van der Waals surface area contributed by atoms with Crippen LogP contribution in [0.3, 0.4) is 0 Å². The van der Waals surface area contributed by atoms with Gasteiger partial charge in [-0.1, -0.05) is 18.2 Å². The Bertz CT molecular complexity index is 774. The first-order valence-corrected chi connectivity index (χ1v) is 7.97. The highest BCUT2D eigenvalue weighted by molar-refractivity contribution is 7.88. The van der Waals surface area contributed by atoms with Gasteiger partial charge in [0.25, 0.3) is 0 Å². The SMILES string of the molecule is O=S(=O)([O-])C(F)(F)C(F)(F)C(F)(F)S(=O)(=O)Oc1ccccc1. The fourth-order valence-corrected chi connectivity index (χ4v) is 2.56. The van der Waals surface area contributed by atoms with Crippen LogP contribution in [0.2, 0.25) is 0 Å². The summed E-state index contributed by atoms with van der Waals surface area (Å²) in [5, 5.41) is -13.6. The van der Waals surface area contributed by atoms with E-state index in [2.05, 4.69) is 4.18 Å². The molecular formula is C9H5F6O6S2-. The van der Waals surface area contributed by atoms with Crippen molar-refractivity contribution >= 4 is 20.2 Å². The van der Waals surface area contributed by atoms with E-state index in [1.165, 1.54) is 6.07 Å². The Balaban J connectivity index is 3.38. The third-order valence-electron chi connectivity index (χ3n) is 2.31. The molecule has 0 radical (unpaired) electrons. The molecule has 1 aromatic rings. The summed E-state index contributed by atoms with van der Waals surface area (Å²) in [5.41, 5.74) is 0. The Hall–Kier alpha value is -1.54. The lowest BCUT2D eigenvalue weighted by Gasteiger charge is -2.32. The van der Waals surface area contributed by atoms with Crippen molar-refractivity contribution in [2.24, 2.45) is 0 Å². The molecule has 0 aliphatic carbocycles. The lowest BCUT2D eigenvalue weighted by atomic mass is 10.3. The van der Waals surface area contributed by atoms with E-state index in [1.807, 2.05) is 0 Å². The molecule has 0 spiro atoms. The van der Waals surface area contributed by atoms with Gasteiger partial charge in [0, 0.05) is 0 Å². The normalized spacial score (nSPS) is 14.6. The molecule has 0 bridgehead atoms. The highest BCUT2D eigenvalue weighted by atomic mass is 32.2. The highest BCUT2D eigenvalue weighted by Gasteiger charge is 2.81. The van der Waals surface area contributed by atoms with Crippen LogP contribution in [0.1, 0.15) is 0 Å². The van der Waals surface area contributed by atoms with Crippen LogP contribution in [0, 0.1) is 0 Å². The topological polar surface area (TPSA) is 101 Å². The Kier molecular flexibility index (Phi) is 4.68. The third-order valence-corrected chi connectivity index (χ3v) is 4.49. The maximum atomic E-state index is 13.3. The summed E-state index contributed by atoms with van der Waals surface area (Å²) in [5.74, 6) is -8.02. The van der Waals surface area contributed by atoms with Crippen LogP contribution in [-0.2, 0) is 20.2 Å². The number of hydrogen-bond donors (Lipinski definition) is 0. The lowest BCUT2D eigenvalue weighted by Crippen LogP contribution is -2.61. The predicted octanol–water partition coefficient (Wildman–Crippen LogP) is 1.76. The molecule has 0 saturated heterocycles. The van der Waals surface area contributed by atoms with Gasteiger partial charge in [-0.2, -0.15) is 34.8 Å². The van der Waals surface area contributed by atoms with E-state index in [-0.39, 0.29) is 0 Å². The second-order valence-corrected chi connectivity index (χ2v) is 6.92. The molecule has 0 atom stereocenters. The van der Waals surface area contributed by atoms with Crippen molar-refractivity contribution in [3.05, 3.63) is 30.3 Å². The summed E-state index contributed by atoms with van der Waals surface area (Å²) in [6.07, 6.45) is 0. The Labute approximate surface area is 125 Å². The molecule has 0 amide bonds. The summed E-state index contributed by atoms with van der Waals surface area (Å²) in [6, 6.07) is 4.77. The van der Waals surface area contributed by atoms with Crippen LogP contribution < -0.4 is 4.18 Å². The molecule has 0 saturated carbocycles. The van der Waals surface area contributed by atoms with Crippen LogP contribution in [0.4, 0.5) is 26.3 Å². The minimum atomic E-state index is -7.31. The fourth-order valence-electron chi connectivity index (χ4n) is 1.14. The number of para-hydroxylation sites is 1. The molecule has 14 heteroatoms. The monoisotopic (exact) mass is 387 g/mol. The number of halogens is 6. The first kappa shape index (κ1) is 19.5. The molecule has 1 rings (SSSR count). The molecule has 0 N–H and O–H groups in total.